The molecule has 6 atom stereocenters. The van der Waals surface area contributed by atoms with E-state index >= 15 is 0 Å². The topological polar surface area (TPSA) is 154 Å². The monoisotopic (exact) mass is 420 g/mol. The molecule has 1 aliphatic carbocycles. The molecule has 5 N–H and O–H groups in total. The molecule has 29 heavy (non-hydrogen) atoms. The van der Waals surface area contributed by atoms with Crippen LogP contribution in [0.15, 0.2) is 12.2 Å². The highest BCUT2D eigenvalue weighted by atomic mass is 16.5. The molecule has 0 heterocycles. The molecule has 1 fully saturated rings. The number of hydrogen-bond donors (Lipinski definition) is 5. The molecule has 0 bridgehead atoms. The van der Waals surface area contributed by atoms with Gasteiger partial charge < -0.3 is 35.0 Å². The Balaban J connectivity index is 0.00000139. The van der Waals surface area contributed by atoms with Gasteiger partial charge in [-0.2, -0.15) is 0 Å². The van der Waals surface area contributed by atoms with Gasteiger partial charge in [-0.15, -0.1) is 0 Å². The summed E-state index contributed by atoms with van der Waals surface area (Å²) in [6.45, 7) is 6.41. The van der Waals surface area contributed by atoms with Crippen LogP contribution in [0.2, 0.25) is 0 Å². The van der Waals surface area contributed by atoms with Gasteiger partial charge in [0.25, 0.3) is 0 Å². The van der Waals surface area contributed by atoms with Crippen LogP contribution in [0.3, 0.4) is 0 Å². The zero-order valence-electron chi connectivity index (χ0n) is 17.8. The van der Waals surface area contributed by atoms with Crippen molar-refractivity contribution in [3.8, 4) is 0 Å². The van der Waals surface area contributed by atoms with Crippen molar-refractivity contribution in [1.29, 1.82) is 0 Å². The summed E-state index contributed by atoms with van der Waals surface area (Å²) in [5.74, 6) is -1.03. The number of esters is 1. The number of aliphatic hydroxyl groups excluding tert-OH is 5. The first-order valence-corrected chi connectivity index (χ1v) is 9.55. The predicted molar refractivity (Wildman–Crippen MR) is 105 cm³/mol. The number of hydrogen-bond acceptors (Lipinski definition) is 9. The second kappa shape index (κ2) is 13.0. The second-order valence-corrected chi connectivity index (χ2v) is 8.05. The number of Topliss-reactive ketones (excluding diaryl/α,β-unsaturated/α-hetero) is 1. The van der Waals surface area contributed by atoms with E-state index < -0.39 is 41.9 Å². The van der Waals surface area contributed by atoms with Crippen LogP contribution in [0.1, 0.15) is 40.5 Å². The van der Waals surface area contributed by atoms with Crippen LogP contribution in [0.5, 0.6) is 0 Å². The smallest absolute Gasteiger partial charge is 0.302 e. The first-order chi connectivity index (χ1) is 13.4. The van der Waals surface area contributed by atoms with Gasteiger partial charge >= 0.3 is 5.97 Å². The van der Waals surface area contributed by atoms with Crippen LogP contribution in [0, 0.1) is 11.3 Å². The molecule has 9 nitrogen and oxygen atoms in total. The standard InChI is InChI=1S/C17H30O7.C3H6O2/c1-17(2,3)16(23)11(19)6-4-5-7-24-12-8-10(9-18)13(20)15(22)14(12)21;1-3(4)5-2/h4-5,10-15,18-22H,6-9H2,1-3H3;1-2H3/b5-4+;. The first kappa shape index (κ1) is 27.6. The summed E-state index contributed by atoms with van der Waals surface area (Å²) < 4.78 is 9.58. The highest BCUT2D eigenvalue weighted by molar-refractivity contribution is 5.87. The van der Waals surface area contributed by atoms with Gasteiger partial charge in [0.1, 0.15) is 18.3 Å². The Morgan fingerprint density at radius 1 is 1.10 bits per heavy atom. The molecular formula is C20H36O9. The minimum absolute atomic E-state index is 0.124. The van der Waals surface area contributed by atoms with Crippen molar-refractivity contribution >= 4 is 11.8 Å². The Hall–Kier alpha value is -1.36. The average Bonchev–Trinajstić information content (AvgIpc) is 2.66. The lowest BCUT2D eigenvalue weighted by atomic mass is 9.81. The number of rotatable bonds is 7. The molecule has 1 aliphatic rings. The highest BCUT2D eigenvalue weighted by Crippen LogP contribution is 2.27. The van der Waals surface area contributed by atoms with Gasteiger partial charge in [-0.05, 0) is 12.8 Å². The third-order valence-electron chi connectivity index (χ3n) is 4.60. The van der Waals surface area contributed by atoms with E-state index in [0.717, 1.165) is 0 Å². The van der Waals surface area contributed by atoms with Crippen molar-refractivity contribution in [2.45, 2.75) is 71.1 Å². The van der Waals surface area contributed by atoms with Crippen molar-refractivity contribution in [3.63, 3.8) is 0 Å². The molecule has 0 aromatic carbocycles. The van der Waals surface area contributed by atoms with Gasteiger partial charge in [-0.3, -0.25) is 9.59 Å². The van der Waals surface area contributed by atoms with E-state index in [2.05, 4.69) is 4.74 Å². The molecule has 170 valence electrons. The number of carbonyl (C=O) groups excluding carboxylic acids is 2. The van der Waals surface area contributed by atoms with Crippen LogP contribution < -0.4 is 0 Å². The van der Waals surface area contributed by atoms with Gasteiger partial charge in [-0.1, -0.05) is 32.9 Å². The molecule has 0 saturated heterocycles. The molecular weight excluding hydrogens is 384 g/mol. The number of methoxy groups -OCH3 is 1. The molecule has 9 heteroatoms. The van der Waals surface area contributed by atoms with Gasteiger partial charge in [0.05, 0.1) is 25.9 Å². The molecule has 1 saturated carbocycles. The maximum absolute atomic E-state index is 11.8. The molecule has 0 spiro atoms. The molecule has 0 radical (unpaired) electrons. The largest absolute Gasteiger partial charge is 0.469 e. The first-order valence-electron chi connectivity index (χ1n) is 9.55. The number of ether oxygens (including phenoxy) is 2. The van der Waals surface area contributed by atoms with E-state index in [4.69, 9.17) is 4.74 Å². The summed E-state index contributed by atoms with van der Waals surface area (Å²) in [6.07, 6.45) is -1.90. The summed E-state index contributed by atoms with van der Waals surface area (Å²) in [5.41, 5.74) is -0.605. The Morgan fingerprint density at radius 3 is 2.10 bits per heavy atom. The number of aliphatic hydroxyl groups is 5. The number of ketones is 1. The maximum Gasteiger partial charge on any atom is 0.302 e. The van der Waals surface area contributed by atoms with Crippen LogP contribution in [0.25, 0.3) is 0 Å². The summed E-state index contributed by atoms with van der Waals surface area (Å²) in [6, 6.07) is 0. The van der Waals surface area contributed by atoms with E-state index in [9.17, 15) is 35.1 Å². The number of carbonyl (C=O) groups is 2. The third kappa shape index (κ3) is 9.79. The van der Waals surface area contributed by atoms with Crippen molar-refractivity contribution in [2.24, 2.45) is 11.3 Å². The van der Waals surface area contributed by atoms with Crippen molar-refractivity contribution in [2.75, 3.05) is 20.3 Å². The normalized spacial score (nSPS) is 28.4. The van der Waals surface area contributed by atoms with Crippen molar-refractivity contribution in [3.05, 3.63) is 12.2 Å². The molecule has 0 aliphatic heterocycles. The highest BCUT2D eigenvalue weighted by Gasteiger charge is 2.42. The van der Waals surface area contributed by atoms with Gasteiger partial charge in [0, 0.05) is 24.9 Å². The van der Waals surface area contributed by atoms with Crippen LogP contribution in [0.4, 0.5) is 0 Å². The quantitative estimate of drug-likeness (QED) is 0.273. The van der Waals surface area contributed by atoms with E-state index in [1.807, 2.05) is 0 Å². The fourth-order valence-electron chi connectivity index (χ4n) is 2.71. The maximum atomic E-state index is 11.8. The van der Waals surface area contributed by atoms with Gasteiger partial charge in [0.2, 0.25) is 0 Å². The van der Waals surface area contributed by atoms with E-state index in [0.29, 0.717) is 0 Å². The lowest BCUT2D eigenvalue weighted by Gasteiger charge is -2.39. The fourth-order valence-corrected chi connectivity index (χ4v) is 2.71. The Morgan fingerprint density at radius 2 is 1.66 bits per heavy atom. The summed E-state index contributed by atoms with van der Waals surface area (Å²) in [4.78, 5) is 21.4. The van der Waals surface area contributed by atoms with E-state index in [-0.39, 0.29) is 37.8 Å². The van der Waals surface area contributed by atoms with Crippen LogP contribution in [-0.2, 0) is 19.1 Å². The Labute approximate surface area is 172 Å². The molecule has 0 amide bonds. The Kier molecular flexibility index (Phi) is 12.4. The van der Waals surface area contributed by atoms with Crippen molar-refractivity contribution in [1.82, 2.24) is 0 Å². The van der Waals surface area contributed by atoms with Crippen molar-refractivity contribution < 1.29 is 44.6 Å². The molecule has 6 unspecified atom stereocenters. The zero-order chi connectivity index (χ0) is 22.8. The van der Waals surface area contributed by atoms with E-state index in [1.165, 1.54) is 14.0 Å². The molecule has 0 aromatic heterocycles. The Bertz CT molecular complexity index is 525. The van der Waals surface area contributed by atoms with Crippen LogP contribution in [-0.4, -0.2) is 88.1 Å². The fraction of sp³-hybridized carbons (Fsp3) is 0.800. The van der Waals surface area contributed by atoms with Crippen LogP contribution >= 0.6 is 0 Å². The van der Waals surface area contributed by atoms with Gasteiger partial charge in [0.15, 0.2) is 5.78 Å². The predicted octanol–water partition coefficient (Wildman–Crippen LogP) is -0.432. The molecule has 0 aromatic rings. The van der Waals surface area contributed by atoms with Gasteiger partial charge in [-0.25, -0.2) is 0 Å². The lowest BCUT2D eigenvalue weighted by molar-refractivity contribution is -0.175. The lowest BCUT2D eigenvalue weighted by Crippen LogP contribution is -2.55. The summed E-state index contributed by atoms with van der Waals surface area (Å²) >= 11 is 0. The zero-order valence-corrected chi connectivity index (χ0v) is 17.8. The second-order valence-electron chi connectivity index (χ2n) is 8.05. The third-order valence-corrected chi connectivity index (χ3v) is 4.60. The summed E-state index contributed by atoms with van der Waals surface area (Å²) in [7, 11) is 1.35. The average molecular weight is 420 g/mol. The molecule has 1 rings (SSSR count). The minimum atomic E-state index is -1.36. The minimum Gasteiger partial charge on any atom is -0.469 e. The SMILES string of the molecule is CC(C)(C)C(=O)C(O)C/C=C/COC1CC(CO)C(O)C(O)C1O.COC(C)=O. The summed E-state index contributed by atoms with van der Waals surface area (Å²) in [5, 5.41) is 48.4. The van der Waals surface area contributed by atoms with E-state index in [1.54, 1.807) is 32.9 Å².